The Bertz CT molecular complexity index is 887. The van der Waals surface area contributed by atoms with Crippen LogP contribution in [0.15, 0.2) is 12.4 Å². The Balaban J connectivity index is 1.13. The Hall–Kier alpha value is -2.44. The van der Waals surface area contributed by atoms with Crippen molar-refractivity contribution < 1.29 is 9.53 Å². The highest BCUT2D eigenvalue weighted by molar-refractivity contribution is 5.68. The van der Waals surface area contributed by atoms with Crippen LogP contribution in [-0.2, 0) is 4.74 Å². The van der Waals surface area contributed by atoms with Gasteiger partial charge in [0.25, 0.3) is 0 Å². The molecule has 1 aromatic rings. The number of aromatic nitrogens is 2. The van der Waals surface area contributed by atoms with Gasteiger partial charge in [0.15, 0.2) is 0 Å². The monoisotopic (exact) mass is 497 g/mol. The summed E-state index contributed by atoms with van der Waals surface area (Å²) in [6, 6.07) is 2.43. The Morgan fingerprint density at radius 1 is 1.06 bits per heavy atom. The first-order valence-electron chi connectivity index (χ1n) is 13.7. The summed E-state index contributed by atoms with van der Waals surface area (Å²) in [4.78, 5) is 28.0. The molecule has 3 aliphatic rings. The van der Waals surface area contributed by atoms with Crippen molar-refractivity contribution in [3.63, 3.8) is 0 Å². The zero-order valence-corrected chi connectivity index (χ0v) is 22.3. The van der Waals surface area contributed by atoms with Gasteiger partial charge in [-0.15, -0.1) is 0 Å². The molecule has 1 unspecified atom stereocenters. The largest absolute Gasteiger partial charge is 0.444 e. The van der Waals surface area contributed by atoms with Gasteiger partial charge in [-0.3, -0.25) is 0 Å². The smallest absolute Gasteiger partial charge is 0.410 e. The Kier molecular flexibility index (Phi) is 9.02. The zero-order chi connectivity index (χ0) is 25.5. The van der Waals surface area contributed by atoms with E-state index >= 15 is 0 Å². The summed E-state index contributed by atoms with van der Waals surface area (Å²) in [5.41, 5.74) is 0.0595. The molecule has 1 aromatic heterocycles. The molecule has 36 heavy (non-hydrogen) atoms. The van der Waals surface area contributed by atoms with Crippen molar-refractivity contribution in [3.05, 3.63) is 18.0 Å². The lowest BCUT2D eigenvalue weighted by Gasteiger charge is -2.38. The number of likely N-dealkylation sites (tertiary alicyclic amines) is 3. The molecule has 2 atom stereocenters. The molecule has 3 fully saturated rings. The number of carbonyl (C=O) groups excluding carboxylic acids is 1. The molecule has 0 bridgehead atoms. The second kappa shape index (κ2) is 12.2. The number of carbonyl (C=O) groups is 1. The molecule has 0 aliphatic carbocycles. The van der Waals surface area contributed by atoms with E-state index in [9.17, 15) is 4.79 Å². The summed E-state index contributed by atoms with van der Waals surface area (Å²) in [6.45, 7) is 14.3. The maximum absolute atomic E-state index is 12.3. The minimum Gasteiger partial charge on any atom is -0.444 e. The fraction of sp³-hybridized carbons (Fsp3) is 0.778. The molecule has 3 aliphatic heterocycles. The predicted octanol–water partition coefficient (Wildman–Crippen LogP) is 3.58. The number of rotatable bonds is 7. The van der Waals surface area contributed by atoms with Crippen LogP contribution in [0.4, 0.5) is 10.7 Å². The summed E-state index contributed by atoms with van der Waals surface area (Å²) in [6.07, 6.45) is 10.1. The van der Waals surface area contributed by atoms with Gasteiger partial charge in [-0.1, -0.05) is 0 Å². The second-order valence-corrected chi connectivity index (χ2v) is 11.8. The van der Waals surface area contributed by atoms with Gasteiger partial charge in [0.1, 0.15) is 11.7 Å². The number of nitriles is 1. The van der Waals surface area contributed by atoms with Gasteiger partial charge in [0.2, 0.25) is 5.95 Å². The highest BCUT2D eigenvalue weighted by Gasteiger charge is 2.30. The van der Waals surface area contributed by atoms with Crippen molar-refractivity contribution in [3.8, 4) is 6.07 Å². The first kappa shape index (κ1) is 26.6. The normalized spacial score (nSPS) is 24.4. The first-order valence-corrected chi connectivity index (χ1v) is 13.7. The third-order valence-corrected chi connectivity index (χ3v) is 7.63. The minimum atomic E-state index is -0.428. The van der Waals surface area contributed by atoms with Gasteiger partial charge in [0.05, 0.1) is 18.0 Å². The summed E-state index contributed by atoms with van der Waals surface area (Å²) in [5.74, 6) is 2.06. The molecule has 9 heteroatoms. The molecule has 1 N–H and O–H groups in total. The molecule has 0 radical (unpaired) electrons. The average Bonchev–Trinajstić information content (AvgIpc) is 3.30. The summed E-state index contributed by atoms with van der Waals surface area (Å²) in [5, 5.41) is 12.3. The van der Waals surface area contributed by atoms with Crippen LogP contribution in [0.1, 0.15) is 64.9 Å². The van der Waals surface area contributed by atoms with E-state index < -0.39 is 5.60 Å². The lowest BCUT2D eigenvalue weighted by Crippen LogP contribution is -2.45. The molecule has 3 saturated heterocycles. The SMILES string of the molecule is CC(C)(C)OC(=O)N1CCC(CN2CCCC(CCN3CC[C@@H](Nc4ncc(C#N)cn4)C3)C2)CC1. The van der Waals surface area contributed by atoms with Gasteiger partial charge in [-0.05, 0) is 84.2 Å². The van der Waals surface area contributed by atoms with E-state index in [-0.39, 0.29) is 6.09 Å². The quantitative estimate of drug-likeness (QED) is 0.610. The number of nitrogens with zero attached hydrogens (tertiary/aromatic N) is 6. The van der Waals surface area contributed by atoms with Crippen LogP contribution in [0.5, 0.6) is 0 Å². The number of anilines is 1. The number of amides is 1. The van der Waals surface area contributed by atoms with E-state index in [1.807, 2.05) is 25.7 Å². The number of hydrogen-bond donors (Lipinski definition) is 1. The molecule has 0 saturated carbocycles. The molecule has 0 spiro atoms. The lowest BCUT2D eigenvalue weighted by atomic mass is 9.91. The van der Waals surface area contributed by atoms with Gasteiger partial charge in [-0.2, -0.15) is 5.26 Å². The minimum absolute atomic E-state index is 0.164. The van der Waals surface area contributed by atoms with Gasteiger partial charge in [-0.25, -0.2) is 14.8 Å². The van der Waals surface area contributed by atoms with Crippen LogP contribution in [-0.4, -0.2) is 94.8 Å². The van der Waals surface area contributed by atoms with Crippen molar-refractivity contribution in [1.29, 1.82) is 5.26 Å². The third kappa shape index (κ3) is 8.04. The van der Waals surface area contributed by atoms with Crippen LogP contribution >= 0.6 is 0 Å². The standard InChI is InChI=1S/C27H43N7O2/c1-27(2,3)36-26(35)34-13-7-22(8-14-34)19-33-10-4-5-21(18-33)6-11-32-12-9-24(20-32)31-25-29-16-23(15-28)17-30-25/h16-17,21-22,24H,4-14,18-20H2,1-3H3,(H,29,30,31)/t21?,24-/m1/s1. The van der Waals surface area contributed by atoms with Crippen LogP contribution in [0.3, 0.4) is 0 Å². The lowest BCUT2D eigenvalue weighted by molar-refractivity contribution is 0.0161. The van der Waals surface area contributed by atoms with Gasteiger partial charge >= 0.3 is 6.09 Å². The van der Waals surface area contributed by atoms with E-state index in [1.165, 1.54) is 38.9 Å². The van der Waals surface area contributed by atoms with E-state index in [4.69, 9.17) is 10.00 Å². The van der Waals surface area contributed by atoms with Crippen molar-refractivity contribution in [2.45, 2.75) is 70.9 Å². The fourth-order valence-electron chi connectivity index (χ4n) is 5.70. The van der Waals surface area contributed by atoms with Crippen molar-refractivity contribution >= 4 is 12.0 Å². The number of nitrogens with one attached hydrogen (secondary N) is 1. The molecule has 4 rings (SSSR count). The molecule has 198 valence electrons. The Labute approximate surface area is 216 Å². The number of piperidine rings is 2. The van der Waals surface area contributed by atoms with Gasteiger partial charge in [0, 0.05) is 45.3 Å². The van der Waals surface area contributed by atoms with Gasteiger partial charge < -0.3 is 24.8 Å². The van der Waals surface area contributed by atoms with Crippen molar-refractivity contribution in [2.24, 2.45) is 11.8 Å². The molecule has 9 nitrogen and oxygen atoms in total. The second-order valence-electron chi connectivity index (χ2n) is 11.8. The third-order valence-electron chi connectivity index (χ3n) is 7.63. The number of ether oxygens (including phenoxy) is 1. The highest BCUT2D eigenvalue weighted by atomic mass is 16.6. The van der Waals surface area contributed by atoms with E-state index in [0.717, 1.165) is 57.9 Å². The molecule has 1 amide bonds. The van der Waals surface area contributed by atoms with Crippen molar-refractivity contribution in [1.82, 2.24) is 24.7 Å². The molecular formula is C27H43N7O2. The summed E-state index contributed by atoms with van der Waals surface area (Å²) in [7, 11) is 0. The number of hydrogen-bond acceptors (Lipinski definition) is 8. The summed E-state index contributed by atoms with van der Waals surface area (Å²) < 4.78 is 5.54. The average molecular weight is 498 g/mol. The van der Waals surface area contributed by atoms with Crippen LogP contribution in [0.2, 0.25) is 0 Å². The Morgan fingerprint density at radius 3 is 2.50 bits per heavy atom. The van der Waals surface area contributed by atoms with Crippen LogP contribution < -0.4 is 5.32 Å². The van der Waals surface area contributed by atoms with Crippen LogP contribution in [0.25, 0.3) is 0 Å². The maximum Gasteiger partial charge on any atom is 0.410 e. The van der Waals surface area contributed by atoms with Crippen LogP contribution in [0, 0.1) is 23.2 Å². The van der Waals surface area contributed by atoms with E-state index in [2.05, 4.69) is 31.2 Å². The van der Waals surface area contributed by atoms with E-state index in [1.54, 1.807) is 12.4 Å². The predicted molar refractivity (Wildman–Crippen MR) is 140 cm³/mol. The summed E-state index contributed by atoms with van der Waals surface area (Å²) >= 11 is 0. The zero-order valence-electron chi connectivity index (χ0n) is 22.3. The van der Waals surface area contributed by atoms with Crippen molar-refractivity contribution in [2.75, 3.05) is 57.7 Å². The first-order chi connectivity index (χ1) is 17.3. The Morgan fingerprint density at radius 2 is 1.81 bits per heavy atom. The van der Waals surface area contributed by atoms with E-state index in [0.29, 0.717) is 23.5 Å². The molecular weight excluding hydrogens is 454 g/mol. The highest BCUT2D eigenvalue weighted by Crippen LogP contribution is 2.26. The molecule has 4 heterocycles. The fourth-order valence-corrected chi connectivity index (χ4v) is 5.70. The topological polar surface area (TPSA) is 97.6 Å². The maximum atomic E-state index is 12.3. The molecule has 0 aromatic carbocycles.